The number of thioether (sulfide) groups is 1. The molecule has 0 spiro atoms. The number of hydrogen-bond acceptors (Lipinski definition) is 4. The molecule has 1 N–H and O–H groups in total. The predicted molar refractivity (Wildman–Crippen MR) is 52.3 cm³/mol. The largest absolute Gasteiger partial charge is 0.480 e. The second kappa shape index (κ2) is 6.23. The van der Waals surface area contributed by atoms with E-state index in [-0.39, 0.29) is 6.61 Å². The van der Waals surface area contributed by atoms with Crippen LogP contribution in [0.2, 0.25) is 0 Å². The smallest absolute Gasteiger partial charge is 0.321 e. The van der Waals surface area contributed by atoms with Gasteiger partial charge in [0.1, 0.15) is 4.75 Å². The third kappa shape index (κ3) is 4.50. The molecule has 0 aliphatic carbocycles. The monoisotopic (exact) mass is 208 g/mol. The van der Waals surface area contributed by atoms with Gasteiger partial charge in [0, 0.05) is 20.0 Å². The molecule has 0 heterocycles. The van der Waals surface area contributed by atoms with E-state index in [1.165, 1.54) is 18.9 Å². The average molecular weight is 208 g/mol. The van der Waals surface area contributed by atoms with E-state index in [0.29, 0.717) is 12.4 Å². The molecule has 13 heavy (non-hydrogen) atoms. The van der Waals surface area contributed by atoms with Crippen LogP contribution >= 0.6 is 11.8 Å². The van der Waals surface area contributed by atoms with Crippen LogP contribution < -0.4 is 0 Å². The quantitative estimate of drug-likeness (QED) is 0.629. The fourth-order valence-corrected chi connectivity index (χ4v) is 1.82. The number of rotatable bonds is 7. The molecule has 1 atom stereocenters. The van der Waals surface area contributed by atoms with Gasteiger partial charge in [-0.05, 0) is 6.92 Å². The van der Waals surface area contributed by atoms with Gasteiger partial charge < -0.3 is 14.6 Å². The highest BCUT2D eigenvalue weighted by atomic mass is 32.2. The molecule has 4 nitrogen and oxygen atoms in total. The van der Waals surface area contributed by atoms with Gasteiger partial charge >= 0.3 is 5.97 Å². The van der Waals surface area contributed by atoms with E-state index in [1.807, 2.05) is 0 Å². The summed E-state index contributed by atoms with van der Waals surface area (Å²) >= 11 is 1.33. The van der Waals surface area contributed by atoms with E-state index < -0.39 is 10.7 Å². The summed E-state index contributed by atoms with van der Waals surface area (Å²) in [6.45, 7) is 2.41. The van der Waals surface area contributed by atoms with Crippen LogP contribution in [0.3, 0.4) is 0 Å². The van der Waals surface area contributed by atoms with E-state index >= 15 is 0 Å². The van der Waals surface area contributed by atoms with Crippen LogP contribution in [0.25, 0.3) is 0 Å². The topological polar surface area (TPSA) is 55.8 Å². The number of carbonyl (C=O) groups is 1. The zero-order valence-corrected chi connectivity index (χ0v) is 9.02. The van der Waals surface area contributed by atoms with Gasteiger partial charge in [0.15, 0.2) is 0 Å². The predicted octanol–water partition coefficient (Wildman–Crippen LogP) is 0.856. The Balaban J connectivity index is 4.00. The van der Waals surface area contributed by atoms with Crippen molar-refractivity contribution in [3.8, 4) is 0 Å². The molecule has 0 saturated carbocycles. The van der Waals surface area contributed by atoms with E-state index in [1.54, 1.807) is 14.0 Å². The van der Waals surface area contributed by atoms with E-state index in [9.17, 15) is 4.79 Å². The zero-order chi connectivity index (χ0) is 10.3. The van der Waals surface area contributed by atoms with Gasteiger partial charge in [-0.3, -0.25) is 4.79 Å². The number of carboxylic acid groups (broad SMARTS) is 1. The van der Waals surface area contributed by atoms with Crippen LogP contribution in [-0.4, -0.2) is 49.0 Å². The molecule has 0 rings (SSSR count). The number of carboxylic acids is 1. The molecule has 0 aromatic rings. The molecule has 0 bridgehead atoms. The first-order valence-electron chi connectivity index (χ1n) is 3.92. The lowest BCUT2D eigenvalue weighted by Crippen LogP contribution is -2.37. The van der Waals surface area contributed by atoms with Crippen molar-refractivity contribution in [1.29, 1.82) is 0 Å². The van der Waals surface area contributed by atoms with Crippen molar-refractivity contribution in [2.45, 2.75) is 11.7 Å². The van der Waals surface area contributed by atoms with Crippen LogP contribution in [0.5, 0.6) is 0 Å². The standard InChI is InChI=1S/C8H16O4S/c1-8(6-12-3,7(9)10)13-5-4-11-2/h4-6H2,1-3H3,(H,9,10). The van der Waals surface area contributed by atoms with Crippen molar-refractivity contribution < 1.29 is 19.4 Å². The van der Waals surface area contributed by atoms with E-state index in [0.717, 1.165) is 0 Å². The highest BCUT2D eigenvalue weighted by Crippen LogP contribution is 2.25. The van der Waals surface area contributed by atoms with E-state index in [4.69, 9.17) is 14.6 Å². The molecule has 0 radical (unpaired) electrons. The minimum atomic E-state index is -0.868. The Morgan fingerprint density at radius 2 is 2.08 bits per heavy atom. The summed E-state index contributed by atoms with van der Waals surface area (Å²) in [4.78, 5) is 10.9. The van der Waals surface area contributed by atoms with E-state index in [2.05, 4.69) is 0 Å². The van der Waals surface area contributed by atoms with Crippen LogP contribution in [0, 0.1) is 0 Å². The summed E-state index contributed by atoms with van der Waals surface area (Å²) in [7, 11) is 3.09. The maximum Gasteiger partial charge on any atom is 0.321 e. The van der Waals surface area contributed by atoms with Crippen molar-refractivity contribution in [1.82, 2.24) is 0 Å². The molecule has 0 aromatic heterocycles. The molecule has 78 valence electrons. The normalized spacial score (nSPS) is 15.3. The third-order valence-corrected chi connectivity index (χ3v) is 2.88. The summed E-state index contributed by atoms with van der Waals surface area (Å²) in [5.41, 5.74) is 0. The fourth-order valence-electron chi connectivity index (χ4n) is 0.791. The summed E-state index contributed by atoms with van der Waals surface area (Å²) in [5.74, 6) is -0.196. The maximum absolute atomic E-state index is 10.9. The Labute approximate surface area is 82.6 Å². The Bertz CT molecular complexity index is 162. The second-order valence-electron chi connectivity index (χ2n) is 2.81. The summed E-state index contributed by atoms with van der Waals surface area (Å²) in [5, 5.41) is 8.92. The van der Waals surface area contributed by atoms with Gasteiger partial charge in [0.25, 0.3) is 0 Å². The number of hydrogen-bond donors (Lipinski definition) is 1. The van der Waals surface area contributed by atoms with Crippen molar-refractivity contribution in [2.24, 2.45) is 0 Å². The Morgan fingerprint density at radius 1 is 1.46 bits per heavy atom. The van der Waals surface area contributed by atoms with Gasteiger partial charge in [-0.25, -0.2) is 0 Å². The van der Waals surface area contributed by atoms with Gasteiger partial charge in [-0.2, -0.15) is 0 Å². The minimum Gasteiger partial charge on any atom is -0.480 e. The Kier molecular flexibility index (Phi) is 6.11. The Hall–Kier alpha value is -0.260. The molecular weight excluding hydrogens is 192 g/mol. The molecule has 0 saturated heterocycles. The van der Waals surface area contributed by atoms with Crippen molar-refractivity contribution in [3.63, 3.8) is 0 Å². The SMILES string of the molecule is COCCSC(C)(COC)C(=O)O. The Morgan fingerprint density at radius 3 is 2.46 bits per heavy atom. The number of aliphatic carboxylic acids is 1. The van der Waals surface area contributed by atoms with Gasteiger partial charge in [-0.1, -0.05) is 0 Å². The highest BCUT2D eigenvalue weighted by Gasteiger charge is 2.33. The minimum absolute atomic E-state index is 0.205. The lowest BCUT2D eigenvalue weighted by atomic mass is 10.2. The summed E-state index contributed by atoms with van der Waals surface area (Å²) in [6, 6.07) is 0. The molecule has 0 aliphatic heterocycles. The lowest BCUT2D eigenvalue weighted by molar-refractivity contribution is -0.140. The molecule has 1 unspecified atom stereocenters. The lowest BCUT2D eigenvalue weighted by Gasteiger charge is -2.22. The summed E-state index contributed by atoms with van der Waals surface area (Å²) < 4.78 is 8.83. The summed E-state index contributed by atoms with van der Waals surface area (Å²) in [6.07, 6.45) is 0. The average Bonchev–Trinajstić information content (AvgIpc) is 2.05. The number of ether oxygens (including phenoxy) is 2. The van der Waals surface area contributed by atoms with Crippen molar-refractivity contribution in [2.75, 3.05) is 33.2 Å². The van der Waals surface area contributed by atoms with Crippen LogP contribution in [0.4, 0.5) is 0 Å². The van der Waals surface area contributed by atoms with Crippen molar-refractivity contribution in [3.05, 3.63) is 0 Å². The molecular formula is C8H16O4S. The maximum atomic E-state index is 10.9. The van der Waals surface area contributed by atoms with Crippen molar-refractivity contribution >= 4 is 17.7 Å². The molecule has 0 aliphatic rings. The molecule has 0 fully saturated rings. The van der Waals surface area contributed by atoms with Gasteiger partial charge in [0.05, 0.1) is 13.2 Å². The number of methoxy groups -OCH3 is 2. The van der Waals surface area contributed by atoms with Crippen LogP contribution in [0.1, 0.15) is 6.92 Å². The fraction of sp³-hybridized carbons (Fsp3) is 0.875. The van der Waals surface area contributed by atoms with Gasteiger partial charge in [0.2, 0.25) is 0 Å². The zero-order valence-electron chi connectivity index (χ0n) is 8.20. The van der Waals surface area contributed by atoms with Crippen LogP contribution in [0.15, 0.2) is 0 Å². The van der Waals surface area contributed by atoms with Gasteiger partial charge in [-0.15, -0.1) is 11.8 Å². The third-order valence-electron chi connectivity index (χ3n) is 1.58. The first-order valence-corrected chi connectivity index (χ1v) is 4.90. The van der Waals surface area contributed by atoms with Crippen LogP contribution in [-0.2, 0) is 14.3 Å². The first-order chi connectivity index (χ1) is 6.06. The highest BCUT2D eigenvalue weighted by molar-refractivity contribution is 8.01. The molecule has 5 heteroatoms. The molecule has 0 aromatic carbocycles. The first kappa shape index (κ1) is 12.7. The second-order valence-corrected chi connectivity index (χ2v) is 4.41. The molecule has 0 amide bonds.